The molecular weight excluding hydrogens is 198 g/mol. The molecule has 0 bridgehead atoms. The lowest BCUT2D eigenvalue weighted by molar-refractivity contribution is 0.226. The molecule has 0 amide bonds. The first-order valence-corrected chi connectivity index (χ1v) is 6.07. The summed E-state index contributed by atoms with van der Waals surface area (Å²) in [6.07, 6.45) is 4.57. The average Bonchev–Trinajstić information content (AvgIpc) is 2.28. The topological polar surface area (TPSA) is 28.2 Å². The van der Waals surface area contributed by atoms with Crippen LogP contribution in [0.15, 0.2) is 18.3 Å². The van der Waals surface area contributed by atoms with Gasteiger partial charge in [-0.3, -0.25) is 4.98 Å². The molecule has 88 valence electrons. The van der Waals surface area contributed by atoms with Crippen LogP contribution in [0.4, 0.5) is 0 Å². The molecule has 1 fully saturated rings. The molecule has 0 saturated carbocycles. The van der Waals surface area contributed by atoms with Crippen molar-refractivity contribution in [2.45, 2.75) is 32.4 Å². The summed E-state index contributed by atoms with van der Waals surface area (Å²) < 4.78 is 0. The van der Waals surface area contributed by atoms with Gasteiger partial charge < -0.3 is 10.2 Å². The Labute approximate surface area is 97.9 Å². The summed E-state index contributed by atoms with van der Waals surface area (Å²) >= 11 is 0. The minimum Gasteiger partial charge on any atom is -0.309 e. The predicted molar refractivity (Wildman–Crippen MR) is 66.3 cm³/mol. The number of aromatic nitrogens is 1. The summed E-state index contributed by atoms with van der Waals surface area (Å²) in [4.78, 5) is 6.70. The Morgan fingerprint density at radius 3 is 3.06 bits per heavy atom. The van der Waals surface area contributed by atoms with Gasteiger partial charge in [-0.2, -0.15) is 0 Å². The smallest absolute Gasteiger partial charge is 0.0372 e. The number of nitrogens with zero attached hydrogens (tertiary/aromatic N) is 2. The van der Waals surface area contributed by atoms with Gasteiger partial charge >= 0.3 is 0 Å². The van der Waals surface area contributed by atoms with Gasteiger partial charge in [-0.05, 0) is 45.0 Å². The monoisotopic (exact) mass is 219 g/mol. The molecule has 1 saturated heterocycles. The van der Waals surface area contributed by atoms with Gasteiger partial charge in [-0.25, -0.2) is 0 Å². The fraction of sp³-hybridized carbons (Fsp3) is 0.615. The maximum Gasteiger partial charge on any atom is 0.0372 e. The zero-order chi connectivity index (χ0) is 11.4. The Bertz CT molecular complexity index is 320. The second-order valence-electron chi connectivity index (χ2n) is 4.79. The molecule has 0 aromatic carbocycles. The van der Waals surface area contributed by atoms with E-state index in [2.05, 4.69) is 34.4 Å². The third-order valence-electron chi connectivity index (χ3n) is 3.19. The van der Waals surface area contributed by atoms with Crippen molar-refractivity contribution in [3.05, 3.63) is 29.6 Å². The zero-order valence-corrected chi connectivity index (χ0v) is 10.2. The third-order valence-corrected chi connectivity index (χ3v) is 3.19. The van der Waals surface area contributed by atoms with Crippen molar-refractivity contribution >= 4 is 0 Å². The van der Waals surface area contributed by atoms with Gasteiger partial charge in [0.05, 0.1) is 0 Å². The van der Waals surface area contributed by atoms with Crippen LogP contribution >= 0.6 is 0 Å². The number of pyridine rings is 1. The van der Waals surface area contributed by atoms with E-state index in [0.29, 0.717) is 6.04 Å². The summed E-state index contributed by atoms with van der Waals surface area (Å²) in [5.41, 5.74) is 2.36. The Morgan fingerprint density at radius 2 is 2.38 bits per heavy atom. The fourth-order valence-electron chi connectivity index (χ4n) is 2.20. The van der Waals surface area contributed by atoms with E-state index in [9.17, 15) is 0 Å². The van der Waals surface area contributed by atoms with E-state index >= 15 is 0 Å². The van der Waals surface area contributed by atoms with Crippen LogP contribution in [0.2, 0.25) is 0 Å². The van der Waals surface area contributed by atoms with Gasteiger partial charge in [-0.1, -0.05) is 6.07 Å². The first-order valence-electron chi connectivity index (χ1n) is 6.07. The summed E-state index contributed by atoms with van der Waals surface area (Å²) in [5.74, 6) is 0. The number of nitrogens with one attached hydrogen (secondary N) is 1. The highest BCUT2D eigenvalue weighted by Crippen LogP contribution is 2.08. The first-order chi connectivity index (χ1) is 7.74. The van der Waals surface area contributed by atoms with Crippen molar-refractivity contribution in [3.63, 3.8) is 0 Å². The highest BCUT2D eigenvalue weighted by Gasteiger charge is 2.15. The van der Waals surface area contributed by atoms with Crippen molar-refractivity contribution in [2.24, 2.45) is 0 Å². The molecule has 1 aromatic rings. The highest BCUT2D eigenvalue weighted by atomic mass is 15.1. The number of hydrogen-bond donors (Lipinski definition) is 1. The number of hydrogen-bond acceptors (Lipinski definition) is 3. The van der Waals surface area contributed by atoms with Crippen LogP contribution in [0, 0.1) is 6.92 Å². The van der Waals surface area contributed by atoms with E-state index in [1.165, 1.54) is 31.5 Å². The Hall–Kier alpha value is -0.930. The standard InChI is InChI=1S/C13H21N3/c1-11-5-6-12(8-14-11)9-15-13-4-3-7-16(2)10-13/h5-6,8,13,15H,3-4,7,9-10H2,1-2H3. The van der Waals surface area contributed by atoms with Gasteiger partial charge in [0.25, 0.3) is 0 Å². The average molecular weight is 219 g/mol. The van der Waals surface area contributed by atoms with Gasteiger partial charge in [0.2, 0.25) is 0 Å². The lowest BCUT2D eigenvalue weighted by Gasteiger charge is -2.30. The Kier molecular flexibility index (Phi) is 3.91. The van der Waals surface area contributed by atoms with Crippen molar-refractivity contribution < 1.29 is 0 Å². The van der Waals surface area contributed by atoms with Crippen LogP contribution in [0.3, 0.4) is 0 Å². The molecule has 1 unspecified atom stereocenters. The molecule has 1 aromatic heterocycles. The van der Waals surface area contributed by atoms with E-state index in [1.54, 1.807) is 0 Å². The molecule has 1 N–H and O–H groups in total. The van der Waals surface area contributed by atoms with Gasteiger partial charge in [0, 0.05) is 31.0 Å². The lowest BCUT2D eigenvalue weighted by Crippen LogP contribution is -2.43. The third kappa shape index (κ3) is 3.29. The second kappa shape index (κ2) is 5.41. The molecule has 2 rings (SSSR count). The number of aryl methyl sites for hydroxylation is 1. The molecule has 0 spiro atoms. The van der Waals surface area contributed by atoms with Crippen LogP contribution < -0.4 is 5.32 Å². The van der Waals surface area contributed by atoms with Crippen molar-refractivity contribution in [1.82, 2.24) is 15.2 Å². The Morgan fingerprint density at radius 1 is 1.50 bits per heavy atom. The molecule has 0 aliphatic carbocycles. The maximum atomic E-state index is 4.31. The van der Waals surface area contributed by atoms with E-state index in [0.717, 1.165) is 12.2 Å². The Balaban J connectivity index is 1.80. The van der Waals surface area contributed by atoms with Crippen LogP contribution in [-0.4, -0.2) is 36.1 Å². The minimum atomic E-state index is 0.639. The van der Waals surface area contributed by atoms with Crippen molar-refractivity contribution in [3.8, 4) is 0 Å². The molecule has 1 aliphatic heterocycles. The zero-order valence-electron chi connectivity index (χ0n) is 10.2. The van der Waals surface area contributed by atoms with E-state index < -0.39 is 0 Å². The van der Waals surface area contributed by atoms with Crippen molar-refractivity contribution in [1.29, 1.82) is 0 Å². The summed E-state index contributed by atoms with van der Waals surface area (Å²) in [6, 6.07) is 4.87. The molecular formula is C13H21N3. The van der Waals surface area contributed by atoms with Gasteiger partial charge in [0.1, 0.15) is 0 Å². The van der Waals surface area contributed by atoms with E-state index in [4.69, 9.17) is 0 Å². The van der Waals surface area contributed by atoms with Crippen LogP contribution in [0.1, 0.15) is 24.1 Å². The molecule has 1 atom stereocenters. The largest absolute Gasteiger partial charge is 0.309 e. The summed E-state index contributed by atoms with van der Waals surface area (Å²) in [6.45, 7) is 5.36. The molecule has 1 aliphatic rings. The maximum absolute atomic E-state index is 4.31. The number of likely N-dealkylation sites (N-methyl/N-ethyl adjacent to an activating group) is 1. The lowest BCUT2D eigenvalue weighted by atomic mass is 10.1. The first kappa shape index (κ1) is 11.6. The second-order valence-corrected chi connectivity index (χ2v) is 4.79. The quantitative estimate of drug-likeness (QED) is 0.836. The van der Waals surface area contributed by atoms with Crippen LogP contribution in [0.5, 0.6) is 0 Å². The molecule has 3 heteroatoms. The SMILES string of the molecule is Cc1ccc(CNC2CCCN(C)C2)cn1. The summed E-state index contributed by atoms with van der Waals surface area (Å²) in [7, 11) is 2.20. The molecule has 0 radical (unpaired) electrons. The number of piperidine rings is 1. The van der Waals surface area contributed by atoms with E-state index in [-0.39, 0.29) is 0 Å². The predicted octanol–water partition coefficient (Wildman–Crippen LogP) is 1.57. The molecule has 3 nitrogen and oxygen atoms in total. The fourth-order valence-corrected chi connectivity index (χ4v) is 2.20. The highest BCUT2D eigenvalue weighted by molar-refractivity contribution is 5.12. The van der Waals surface area contributed by atoms with Crippen LogP contribution in [0.25, 0.3) is 0 Å². The van der Waals surface area contributed by atoms with Crippen molar-refractivity contribution in [2.75, 3.05) is 20.1 Å². The molecule has 16 heavy (non-hydrogen) atoms. The molecule has 2 heterocycles. The van der Waals surface area contributed by atoms with Crippen LogP contribution in [-0.2, 0) is 6.54 Å². The number of likely N-dealkylation sites (tertiary alicyclic amines) is 1. The minimum absolute atomic E-state index is 0.639. The summed E-state index contributed by atoms with van der Waals surface area (Å²) in [5, 5.41) is 3.61. The van der Waals surface area contributed by atoms with Gasteiger partial charge in [0.15, 0.2) is 0 Å². The normalized spacial score (nSPS) is 22.2. The van der Waals surface area contributed by atoms with E-state index in [1.807, 2.05) is 13.1 Å². The number of rotatable bonds is 3. The van der Waals surface area contributed by atoms with Gasteiger partial charge in [-0.15, -0.1) is 0 Å².